The van der Waals surface area contributed by atoms with Crippen LogP contribution in [-0.2, 0) is 13.0 Å². The van der Waals surface area contributed by atoms with E-state index in [2.05, 4.69) is 14.8 Å². The highest BCUT2D eigenvalue weighted by molar-refractivity contribution is 7.14. The summed E-state index contributed by atoms with van der Waals surface area (Å²) in [5, 5.41) is 11.1. The molecule has 0 saturated carbocycles. The Morgan fingerprint density at radius 1 is 1.43 bits per heavy atom. The first kappa shape index (κ1) is 7.99. The molecule has 14 heavy (non-hydrogen) atoms. The Hall–Kier alpha value is -1.36. The van der Waals surface area contributed by atoms with Gasteiger partial charge in [-0.25, -0.2) is 0 Å². The monoisotopic (exact) mass is 206 g/mol. The van der Waals surface area contributed by atoms with E-state index in [1.165, 1.54) is 6.42 Å². The number of nitrogens with zero attached hydrogens (tertiary/aromatic N) is 3. The van der Waals surface area contributed by atoms with Gasteiger partial charge in [0.25, 0.3) is 0 Å². The fourth-order valence-corrected chi connectivity index (χ4v) is 2.49. The molecule has 3 rings (SSSR count). The highest BCUT2D eigenvalue weighted by atomic mass is 32.1. The summed E-state index contributed by atoms with van der Waals surface area (Å²) in [6, 6.07) is 2.01. The quantitative estimate of drug-likeness (QED) is 0.770. The van der Waals surface area contributed by atoms with Gasteiger partial charge in [0, 0.05) is 13.0 Å². The van der Waals surface area contributed by atoms with Crippen LogP contribution in [0.25, 0.3) is 11.4 Å². The number of hydrogen-bond acceptors (Lipinski definition) is 4. The van der Waals surface area contributed by atoms with E-state index in [4.69, 9.17) is 5.73 Å². The standard InChI is InChI=1S/C9H10N4S/c10-8-6(3-5-14-8)9-12-11-7-2-1-4-13(7)9/h3,5H,1-2,4,10H2. The highest BCUT2D eigenvalue weighted by Crippen LogP contribution is 2.31. The Kier molecular flexibility index (Phi) is 1.61. The summed E-state index contributed by atoms with van der Waals surface area (Å²) in [4.78, 5) is 0. The summed E-state index contributed by atoms with van der Waals surface area (Å²) >= 11 is 1.54. The van der Waals surface area contributed by atoms with E-state index in [1.54, 1.807) is 11.3 Å². The third-order valence-electron chi connectivity index (χ3n) is 2.55. The van der Waals surface area contributed by atoms with Crippen molar-refractivity contribution < 1.29 is 0 Å². The molecule has 2 N–H and O–H groups in total. The lowest BCUT2D eigenvalue weighted by Crippen LogP contribution is -1.96. The summed E-state index contributed by atoms with van der Waals surface area (Å²) in [5.74, 6) is 2.02. The third-order valence-corrected chi connectivity index (χ3v) is 3.29. The zero-order valence-corrected chi connectivity index (χ0v) is 8.42. The summed E-state index contributed by atoms with van der Waals surface area (Å²) in [6.07, 6.45) is 2.21. The topological polar surface area (TPSA) is 56.7 Å². The molecule has 4 nitrogen and oxygen atoms in total. The molecule has 0 bridgehead atoms. The Morgan fingerprint density at radius 2 is 2.36 bits per heavy atom. The number of fused-ring (bicyclic) bond motifs is 1. The zero-order valence-electron chi connectivity index (χ0n) is 7.60. The fourth-order valence-electron chi connectivity index (χ4n) is 1.86. The Morgan fingerprint density at radius 3 is 3.14 bits per heavy atom. The maximum atomic E-state index is 5.86. The molecule has 0 radical (unpaired) electrons. The van der Waals surface area contributed by atoms with Gasteiger partial charge in [-0.3, -0.25) is 0 Å². The van der Waals surface area contributed by atoms with Gasteiger partial charge in [0.2, 0.25) is 0 Å². The summed E-state index contributed by atoms with van der Waals surface area (Å²) in [7, 11) is 0. The minimum Gasteiger partial charge on any atom is -0.390 e. The van der Waals surface area contributed by atoms with Crippen LogP contribution < -0.4 is 5.73 Å². The van der Waals surface area contributed by atoms with Gasteiger partial charge in [-0.05, 0) is 17.9 Å². The molecule has 72 valence electrons. The largest absolute Gasteiger partial charge is 0.390 e. The number of nitrogens with two attached hydrogens (primary N) is 1. The average molecular weight is 206 g/mol. The van der Waals surface area contributed by atoms with Crippen molar-refractivity contribution in [2.24, 2.45) is 0 Å². The molecule has 0 fully saturated rings. The predicted molar refractivity (Wildman–Crippen MR) is 56.1 cm³/mol. The van der Waals surface area contributed by atoms with Gasteiger partial charge in [-0.2, -0.15) is 0 Å². The van der Waals surface area contributed by atoms with Crippen LogP contribution >= 0.6 is 11.3 Å². The predicted octanol–water partition coefficient (Wildman–Crippen LogP) is 1.54. The third kappa shape index (κ3) is 0.988. The van der Waals surface area contributed by atoms with Crippen LogP contribution in [0.3, 0.4) is 0 Å². The molecular weight excluding hydrogens is 196 g/mol. The van der Waals surface area contributed by atoms with Crippen molar-refractivity contribution in [2.45, 2.75) is 19.4 Å². The van der Waals surface area contributed by atoms with E-state index in [1.807, 2.05) is 11.4 Å². The van der Waals surface area contributed by atoms with E-state index in [9.17, 15) is 0 Å². The second-order valence-electron chi connectivity index (χ2n) is 3.39. The zero-order chi connectivity index (χ0) is 9.54. The first-order valence-corrected chi connectivity index (χ1v) is 5.49. The van der Waals surface area contributed by atoms with Gasteiger partial charge in [0.05, 0.1) is 10.6 Å². The molecule has 5 heteroatoms. The van der Waals surface area contributed by atoms with Crippen molar-refractivity contribution in [3.8, 4) is 11.4 Å². The van der Waals surface area contributed by atoms with E-state index >= 15 is 0 Å². The summed E-state index contributed by atoms with van der Waals surface area (Å²) in [6.45, 7) is 1.02. The van der Waals surface area contributed by atoms with Gasteiger partial charge in [0.1, 0.15) is 5.82 Å². The van der Waals surface area contributed by atoms with Gasteiger partial charge in [0.15, 0.2) is 5.82 Å². The second kappa shape index (κ2) is 2.81. The van der Waals surface area contributed by atoms with Crippen LogP contribution in [0.15, 0.2) is 11.4 Å². The van der Waals surface area contributed by atoms with Crippen LogP contribution in [0.2, 0.25) is 0 Å². The first-order valence-electron chi connectivity index (χ1n) is 4.61. The van der Waals surface area contributed by atoms with Gasteiger partial charge in [-0.15, -0.1) is 21.5 Å². The summed E-state index contributed by atoms with van der Waals surface area (Å²) in [5.41, 5.74) is 6.89. The first-order chi connectivity index (χ1) is 6.86. The fraction of sp³-hybridized carbons (Fsp3) is 0.333. The lowest BCUT2D eigenvalue weighted by molar-refractivity contribution is 0.749. The molecule has 0 unspecified atom stereocenters. The van der Waals surface area contributed by atoms with E-state index in [0.29, 0.717) is 0 Å². The van der Waals surface area contributed by atoms with Crippen LogP contribution in [0.4, 0.5) is 5.00 Å². The summed E-state index contributed by atoms with van der Waals surface area (Å²) < 4.78 is 2.17. The van der Waals surface area contributed by atoms with E-state index < -0.39 is 0 Å². The average Bonchev–Trinajstić information content (AvgIpc) is 2.78. The minimum atomic E-state index is 0.826. The molecule has 1 aliphatic rings. The highest BCUT2D eigenvalue weighted by Gasteiger charge is 2.19. The number of hydrogen-bond donors (Lipinski definition) is 1. The maximum Gasteiger partial charge on any atom is 0.166 e. The number of aromatic nitrogens is 3. The van der Waals surface area contributed by atoms with E-state index in [0.717, 1.165) is 35.2 Å². The molecule has 2 aromatic rings. The number of aryl methyl sites for hydroxylation is 1. The Labute approximate surface area is 85.4 Å². The van der Waals surface area contributed by atoms with Gasteiger partial charge >= 0.3 is 0 Å². The van der Waals surface area contributed by atoms with E-state index in [-0.39, 0.29) is 0 Å². The van der Waals surface area contributed by atoms with Crippen LogP contribution in [0.1, 0.15) is 12.2 Å². The number of anilines is 1. The smallest absolute Gasteiger partial charge is 0.166 e. The minimum absolute atomic E-state index is 0.826. The normalized spacial score (nSPS) is 14.6. The van der Waals surface area contributed by atoms with Gasteiger partial charge < -0.3 is 10.3 Å². The van der Waals surface area contributed by atoms with Crippen molar-refractivity contribution >= 4 is 16.3 Å². The lowest BCUT2D eigenvalue weighted by atomic mass is 10.3. The molecular formula is C9H10N4S. The number of nitrogen functional groups attached to an aromatic ring is 1. The molecule has 0 spiro atoms. The number of rotatable bonds is 1. The molecule has 0 amide bonds. The molecule has 0 aliphatic carbocycles. The van der Waals surface area contributed by atoms with Crippen LogP contribution in [0.5, 0.6) is 0 Å². The Bertz CT molecular complexity index is 471. The van der Waals surface area contributed by atoms with Gasteiger partial charge in [-0.1, -0.05) is 0 Å². The molecule has 1 aliphatic heterocycles. The SMILES string of the molecule is Nc1sccc1-c1nnc2n1CCC2. The molecule has 0 saturated heterocycles. The van der Waals surface area contributed by atoms with Crippen molar-refractivity contribution in [1.82, 2.24) is 14.8 Å². The van der Waals surface area contributed by atoms with Crippen LogP contribution in [0, 0.1) is 0 Å². The molecule has 3 heterocycles. The maximum absolute atomic E-state index is 5.86. The van der Waals surface area contributed by atoms with Crippen molar-refractivity contribution in [1.29, 1.82) is 0 Å². The van der Waals surface area contributed by atoms with Crippen molar-refractivity contribution in [3.63, 3.8) is 0 Å². The van der Waals surface area contributed by atoms with Crippen molar-refractivity contribution in [3.05, 3.63) is 17.3 Å². The second-order valence-corrected chi connectivity index (χ2v) is 4.34. The molecule has 0 aromatic carbocycles. The molecule has 2 aromatic heterocycles. The lowest BCUT2D eigenvalue weighted by Gasteiger charge is -2.00. The molecule has 0 atom stereocenters. The Balaban J connectivity index is 2.17. The van der Waals surface area contributed by atoms with Crippen LogP contribution in [-0.4, -0.2) is 14.8 Å². The number of thiophene rings is 1. The van der Waals surface area contributed by atoms with Crippen molar-refractivity contribution in [2.75, 3.05) is 5.73 Å².